The summed E-state index contributed by atoms with van der Waals surface area (Å²) in [6, 6.07) is 0.495. The molecule has 0 amide bonds. The van der Waals surface area contributed by atoms with E-state index in [0.717, 1.165) is 41.8 Å². The van der Waals surface area contributed by atoms with E-state index in [1.165, 1.54) is 36.1 Å². The number of nitrogens with zero attached hydrogens (tertiary/aromatic N) is 4. The van der Waals surface area contributed by atoms with Gasteiger partial charge in [0.2, 0.25) is 0 Å². The lowest BCUT2D eigenvalue weighted by Gasteiger charge is -2.30. The van der Waals surface area contributed by atoms with E-state index in [2.05, 4.69) is 81.6 Å². The number of rotatable bonds is 5. The van der Waals surface area contributed by atoms with Gasteiger partial charge in [-0.15, -0.1) is 0 Å². The predicted octanol–water partition coefficient (Wildman–Crippen LogP) is 6.51. The summed E-state index contributed by atoms with van der Waals surface area (Å²) in [4.78, 5) is 12.9. The minimum atomic E-state index is 0.157. The van der Waals surface area contributed by atoms with Crippen molar-refractivity contribution in [3.05, 3.63) is 53.0 Å². The van der Waals surface area contributed by atoms with Crippen molar-refractivity contribution in [1.82, 2.24) is 19.4 Å². The van der Waals surface area contributed by atoms with Crippen LogP contribution < -0.4 is 0 Å². The molecule has 3 atom stereocenters. The van der Waals surface area contributed by atoms with Crippen LogP contribution in [0.5, 0.6) is 0 Å². The molecular formula is C27H36N4. The van der Waals surface area contributed by atoms with Crippen LogP contribution in [0.1, 0.15) is 82.3 Å². The zero-order valence-corrected chi connectivity index (χ0v) is 20.0. The first-order valence-electron chi connectivity index (χ1n) is 12.0. The van der Waals surface area contributed by atoms with Gasteiger partial charge in [0.25, 0.3) is 0 Å². The fourth-order valence-electron chi connectivity index (χ4n) is 6.20. The SMILES string of the molecule is CCCC(CC)n1cc(C)c2nc(C3=CC45/C=C(/C)C/C=C\CC4(C5)N3C)c(C)nc21. The lowest BCUT2D eigenvalue weighted by atomic mass is 9.93. The van der Waals surface area contributed by atoms with Gasteiger partial charge in [0.15, 0.2) is 5.65 Å². The van der Waals surface area contributed by atoms with Crippen LogP contribution in [0, 0.1) is 19.3 Å². The molecule has 2 aromatic rings. The zero-order chi connectivity index (χ0) is 22.0. The third-order valence-corrected chi connectivity index (χ3v) is 8.02. The molecule has 3 unspecified atom stereocenters. The minimum Gasteiger partial charge on any atom is -0.366 e. The molecule has 3 aliphatic rings. The van der Waals surface area contributed by atoms with E-state index in [-0.39, 0.29) is 11.0 Å². The highest BCUT2D eigenvalue weighted by molar-refractivity contribution is 5.81. The van der Waals surface area contributed by atoms with Crippen molar-refractivity contribution < 1.29 is 0 Å². The third kappa shape index (κ3) is 2.86. The van der Waals surface area contributed by atoms with Crippen molar-refractivity contribution in [3.63, 3.8) is 0 Å². The summed E-state index contributed by atoms with van der Waals surface area (Å²) in [5.74, 6) is 0. The molecule has 164 valence electrons. The Bertz CT molecular complexity index is 1130. The molecule has 1 fully saturated rings. The van der Waals surface area contributed by atoms with Crippen molar-refractivity contribution in [3.8, 4) is 0 Å². The van der Waals surface area contributed by atoms with Gasteiger partial charge in [-0.05, 0) is 64.5 Å². The standard InChI is InChI=1S/C27H36N4/c1-7-11-21(8-2)31-16-19(4)23-25(31)28-20(5)24(29-23)22-15-26-14-18(3)12-9-10-13-27(26,17-26)30(22)6/h9-10,14-16,21H,7-8,11-13,17H2,1-6H3/b10-9-,18-14-. The Morgan fingerprint density at radius 1 is 1.10 bits per heavy atom. The van der Waals surface area contributed by atoms with Crippen LogP contribution in [0.4, 0.5) is 0 Å². The Hall–Kier alpha value is -2.36. The van der Waals surface area contributed by atoms with Gasteiger partial charge >= 0.3 is 0 Å². The van der Waals surface area contributed by atoms with E-state index in [1.807, 2.05) is 0 Å². The first kappa shape index (κ1) is 20.5. The predicted molar refractivity (Wildman–Crippen MR) is 129 cm³/mol. The molecule has 1 aliphatic heterocycles. The van der Waals surface area contributed by atoms with E-state index in [0.29, 0.717) is 6.04 Å². The summed E-state index contributed by atoms with van der Waals surface area (Å²) >= 11 is 0. The van der Waals surface area contributed by atoms with Crippen molar-refractivity contribution >= 4 is 16.9 Å². The Kier molecular flexibility index (Phi) is 4.69. The largest absolute Gasteiger partial charge is 0.366 e. The van der Waals surface area contributed by atoms with Crippen molar-refractivity contribution in [2.24, 2.45) is 5.41 Å². The second kappa shape index (κ2) is 7.08. The molecule has 2 aromatic heterocycles. The first-order chi connectivity index (χ1) is 14.9. The molecule has 0 aromatic carbocycles. The molecule has 31 heavy (non-hydrogen) atoms. The van der Waals surface area contributed by atoms with E-state index in [4.69, 9.17) is 9.97 Å². The molecule has 3 heterocycles. The fourth-order valence-corrected chi connectivity index (χ4v) is 6.20. The lowest BCUT2D eigenvalue weighted by molar-refractivity contribution is 0.312. The molecule has 0 radical (unpaired) electrons. The summed E-state index contributed by atoms with van der Waals surface area (Å²) < 4.78 is 2.38. The van der Waals surface area contributed by atoms with Crippen molar-refractivity contribution in [2.45, 2.75) is 84.7 Å². The number of aryl methyl sites for hydroxylation is 2. The normalized spacial score (nSPS) is 30.7. The van der Waals surface area contributed by atoms with Crippen LogP contribution in [0.3, 0.4) is 0 Å². The summed E-state index contributed by atoms with van der Waals surface area (Å²) in [5, 5.41) is 0. The second-order valence-electron chi connectivity index (χ2n) is 10.1. The average Bonchev–Trinajstić information content (AvgIpc) is 3.13. The third-order valence-electron chi connectivity index (χ3n) is 8.02. The van der Waals surface area contributed by atoms with E-state index in [1.54, 1.807) is 0 Å². The summed E-state index contributed by atoms with van der Waals surface area (Å²) in [6.45, 7) is 11.1. The monoisotopic (exact) mass is 416 g/mol. The zero-order valence-electron chi connectivity index (χ0n) is 20.0. The highest BCUT2D eigenvalue weighted by Crippen LogP contribution is 2.70. The van der Waals surface area contributed by atoms with Gasteiger partial charge in [0, 0.05) is 24.7 Å². The van der Waals surface area contributed by atoms with Crippen molar-refractivity contribution in [1.29, 1.82) is 0 Å². The van der Waals surface area contributed by atoms with Gasteiger partial charge in [-0.1, -0.05) is 44.1 Å². The van der Waals surface area contributed by atoms with E-state index < -0.39 is 0 Å². The Morgan fingerprint density at radius 2 is 1.90 bits per heavy atom. The maximum Gasteiger partial charge on any atom is 0.159 e. The van der Waals surface area contributed by atoms with Crippen molar-refractivity contribution in [2.75, 3.05) is 7.05 Å². The second-order valence-corrected chi connectivity index (χ2v) is 10.1. The smallest absolute Gasteiger partial charge is 0.159 e. The van der Waals surface area contributed by atoms with Gasteiger partial charge in [0.05, 0.1) is 16.9 Å². The highest BCUT2D eigenvalue weighted by Gasteiger charge is 2.70. The van der Waals surface area contributed by atoms with Crippen LogP contribution in [0.15, 0.2) is 36.1 Å². The molecular weight excluding hydrogens is 380 g/mol. The highest BCUT2D eigenvalue weighted by atomic mass is 15.3. The summed E-state index contributed by atoms with van der Waals surface area (Å²) in [5.41, 5.74) is 8.49. The van der Waals surface area contributed by atoms with Gasteiger partial charge in [0.1, 0.15) is 11.2 Å². The molecule has 4 nitrogen and oxygen atoms in total. The Morgan fingerprint density at radius 3 is 2.65 bits per heavy atom. The summed E-state index contributed by atoms with van der Waals surface area (Å²) in [6.07, 6.45) is 18.9. The van der Waals surface area contributed by atoms with Gasteiger partial charge in [-0.3, -0.25) is 0 Å². The average molecular weight is 417 g/mol. The van der Waals surface area contributed by atoms with Crippen LogP contribution in [-0.4, -0.2) is 32.0 Å². The number of hydrogen-bond donors (Lipinski definition) is 0. The van der Waals surface area contributed by atoms with Crippen LogP contribution >= 0.6 is 0 Å². The lowest BCUT2D eigenvalue weighted by Crippen LogP contribution is -2.33. The fraction of sp³-hybridized carbons (Fsp3) is 0.556. The quantitative estimate of drug-likeness (QED) is 0.521. The maximum atomic E-state index is 5.24. The number of fused-ring (bicyclic) bond motifs is 1. The molecule has 1 saturated carbocycles. The molecule has 2 aliphatic carbocycles. The number of allylic oxidation sites excluding steroid dienone is 2. The van der Waals surface area contributed by atoms with E-state index >= 15 is 0 Å². The maximum absolute atomic E-state index is 5.24. The molecule has 0 saturated heterocycles. The molecule has 0 spiro atoms. The minimum absolute atomic E-state index is 0.157. The summed E-state index contributed by atoms with van der Waals surface area (Å²) in [7, 11) is 2.26. The first-order valence-corrected chi connectivity index (χ1v) is 12.0. The molecule has 4 heteroatoms. The van der Waals surface area contributed by atoms with E-state index in [9.17, 15) is 0 Å². The van der Waals surface area contributed by atoms with Gasteiger partial charge < -0.3 is 9.47 Å². The van der Waals surface area contributed by atoms with Crippen LogP contribution in [-0.2, 0) is 0 Å². The Labute approximate surface area is 186 Å². The van der Waals surface area contributed by atoms with Crippen LogP contribution in [0.2, 0.25) is 0 Å². The number of hydrogen-bond acceptors (Lipinski definition) is 3. The molecule has 0 bridgehead atoms. The molecule has 5 rings (SSSR count). The number of aromatic nitrogens is 3. The Balaban J connectivity index is 1.61. The molecule has 0 N–H and O–H groups in total. The van der Waals surface area contributed by atoms with Gasteiger partial charge in [-0.2, -0.15) is 0 Å². The van der Waals surface area contributed by atoms with Gasteiger partial charge in [-0.25, -0.2) is 9.97 Å². The topological polar surface area (TPSA) is 34.0 Å². The van der Waals surface area contributed by atoms with Crippen LogP contribution in [0.25, 0.3) is 16.9 Å².